The van der Waals surface area contributed by atoms with Gasteiger partial charge >= 0.3 is 0 Å². The number of ether oxygens (including phenoxy) is 1. The van der Waals surface area contributed by atoms with Gasteiger partial charge in [0.05, 0.1) is 26.0 Å². The van der Waals surface area contributed by atoms with Gasteiger partial charge in [-0.2, -0.15) is 0 Å². The van der Waals surface area contributed by atoms with Crippen LogP contribution in [0.15, 0.2) is 12.4 Å². The van der Waals surface area contributed by atoms with E-state index in [1.54, 1.807) is 26.1 Å². The van der Waals surface area contributed by atoms with Crippen molar-refractivity contribution in [3.05, 3.63) is 18.2 Å². The van der Waals surface area contributed by atoms with Crippen molar-refractivity contribution in [3.63, 3.8) is 0 Å². The van der Waals surface area contributed by atoms with E-state index in [-0.39, 0.29) is 17.6 Å². The van der Waals surface area contributed by atoms with Crippen LogP contribution in [0.3, 0.4) is 0 Å². The first-order chi connectivity index (χ1) is 12.5. The Bertz CT molecular complexity index is 633. The predicted octanol–water partition coefficient (Wildman–Crippen LogP) is 0.357. The molecule has 0 N–H and O–H groups in total. The Morgan fingerprint density at radius 2 is 1.73 bits per heavy atom. The molecule has 0 saturated carbocycles. The first kappa shape index (κ1) is 18.6. The molecular weight excluding hydrogens is 334 g/mol. The molecule has 1 aromatic heterocycles. The zero-order chi connectivity index (χ0) is 18.7. The summed E-state index contributed by atoms with van der Waals surface area (Å²) in [7, 11) is 5.13. The highest BCUT2D eigenvalue weighted by molar-refractivity contribution is 5.90. The summed E-state index contributed by atoms with van der Waals surface area (Å²) in [5, 5.41) is 0. The SMILES string of the molecule is COc1cnc(C(=O)N2C[C@H]3CCN(CC(=O)N(C)C)CC[C@H]3C2)nc1. The summed E-state index contributed by atoms with van der Waals surface area (Å²) in [4.78, 5) is 38.6. The molecule has 3 rings (SSSR count). The Morgan fingerprint density at radius 1 is 1.15 bits per heavy atom. The van der Waals surface area contributed by atoms with Crippen molar-refractivity contribution in [2.45, 2.75) is 12.8 Å². The molecule has 0 unspecified atom stereocenters. The van der Waals surface area contributed by atoms with Crippen LogP contribution in [0.4, 0.5) is 0 Å². The summed E-state index contributed by atoms with van der Waals surface area (Å²) in [5.74, 6) is 1.76. The summed E-state index contributed by atoms with van der Waals surface area (Å²) in [6.45, 7) is 3.78. The number of amides is 2. The van der Waals surface area contributed by atoms with Crippen molar-refractivity contribution in [2.75, 3.05) is 53.9 Å². The van der Waals surface area contributed by atoms with Crippen LogP contribution in [0.1, 0.15) is 23.5 Å². The molecule has 2 aliphatic heterocycles. The van der Waals surface area contributed by atoms with Crippen LogP contribution in [-0.4, -0.2) is 90.4 Å². The molecule has 0 aliphatic carbocycles. The van der Waals surface area contributed by atoms with Gasteiger partial charge in [-0.25, -0.2) is 9.97 Å². The van der Waals surface area contributed by atoms with Gasteiger partial charge in [-0.3, -0.25) is 14.5 Å². The first-order valence-corrected chi connectivity index (χ1v) is 9.05. The van der Waals surface area contributed by atoms with E-state index in [9.17, 15) is 9.59 Å². The third-order valence-corrected chi connectivity index (χ3v) is 5.41. The molecule has 0 spiro atoms. The van der Waals surface area contributed by atoms with Crippen LogP contribution in [-0.2, 0) is 4.79 Å². The molecule has 2 aliphatic rings. The Balaban J connectivity index is 1.56. The van der Waals surface area contributed by atoms with E-state index in [4.69, 9.17) is 4.74 Å². The summed E-state index contributed by atoms with van der Waals surface area (Å²) >= 11 is 0. The first-order valence-electron chi connectivity index (χ1n) is 9.05. The summed E-state index contributed by atoms with van der Waals surface area (Å²) in [6, 6.07) is 0. The second kappa shape index (κ2) is 7.99. The normalized spacial score (nSPS) is 23.3. The predicted molar refractivity (Wildman–Crippen MR) is 95.8 cm³/mol. The van der Waals surface area contributed by atoms with Gasteiger partial charge in [-0.05, 0) is 37.8 Å². The van der Waals surface area contributed by atoms with E-state index < -0.39 is 0 Å². The number of fused-ring (bicyclic) bond motifs is 1. The van der Waals surface area contributed by atoms with E-state index in [0.29, 0.717) is 24.1 Å². The van der Waals surface area contributed by atoms with Gasteiger partial charge in [0.1, 0.15) is 0 Å². The van der Waals surface area contributed by atoms with E-state index in [1.165, 1.54) is 12.4 Å². The standard InChI is InChI=1S/C18H27N5O3/c1-21(2)16(24)12-22-6-4-13-10-23(11-14(13)5-7-22)18(25)17-19-8-15(26-3)9-20-17/h8-9,13-14H,4-7,10-12H2,1-3H3/t13-,14+. The monoisotopic (exact) mass is 361 g/mol. The van der Waals surface area contributed by atoms with Crippen LogP contribution >= 0.6 is 0 Å². The Labute approximate surface area is 154 Å². The quantitative estimate of drug-likeness (QED) is 0.770. The maximum Gasteiger partial charge on any atom is 0.291 e. The topological polar surface area (TPSA) is 78.9 Å². The average Bonchev–Trinajstić information content (AvgIpc) is 2.97. The number of nitrogens with zero attached hydrogens (tertiary/aromatic N) is 5. The van der Waals surface area contributed by atoms with E-state index in [2.05, 4.69) is 14.9 Å². The molecule has 2 saturated heterocycles. The Morgan fingerprint density at radius 3 is 2.23 bits per heavy atom. The van der Waals surface area contributed by atoms with Gasteiger partial charge in [0.2, 0.25) is 11.7 Å². The molecule has 8 heteroatoms. The number of rotatable bonds is 4. The Kier molecular flexibility index (Phi) is 5.70. The second-order valence-electron chi connectivity index (χ2n) is 7.32. The lowest BCUT2D eigenvalue weighted by Crippen LogP contribution is -2.38. The number of hydrogen-bond acceptors (Lipinski definition) is 6. The van der Waals surface area contributed by atoms with Gasteiger partial charge in [-0.1, -0.05) is 0 Å². The average molecular weight is 361 g/mol. The van der Waals surface area contributed by atoms with Crippen LogP contribution in [0.2, 0.25) is 0 Å². The van der Waals surface area contributed by atoms with Crippen LogP contribution in [0, 0.1) is 11.8 Å². The largest absolute Gasteiger partial charge is 0.494 e. The number of likely N-dealkylation sites (N-methyl/N-ethyl adjacent to an activating group) is 1. The molecule has 1 aromatic rings. The molecule has 0 bridgehead atoms. The number of likely N-dealkylation sites (tertiary alicyclic amines) is 2. The molecule has 2 atom stereocenters. The van der Waals surface area contributed by atoms with Crippen molar-refractivity contribution in [1.82, 2.24) is 24.7 Å². The second-order valence-corrected chi connectivity index (χ2v) is 7.32. The molecule has 142 valence electrons. The van der Waals surface area contributed by atoms with E-state index in [1.807, 2.05) is 4.90 Å². The lowest BCUT2D eigenvalue weighted by atomic mass is 9.92. The molecular formula is C18H27N5O3. The minimum absolute atomic E-state index is 0.111. The molecule has 0 radical (unpaired) electrons. The van der Waals surface area contributed by atoms with Gasteiger partial charge in [0, 0.05) is 27.2 Å². The molecule has 2 amide bonds. The number of methoxy groups -OCH3 is 1. The molecule has 0 aromatic carbocycles. The van der Waals surface area contributed by atoms with Crippen LogP contribution in [0.25, 0.3) is 0 Å². The third-order valence-electron chi connectivity index (χ3n) is 5.41. The highest BCUT2D eigenvalue weighted by Gasteiger charge is 2.38. The summed E-state index contributed by atoms with van der Waals surface area (Å²) < 4.78 is 5.04. The van der Waals surface area contributed by atoms with Crippen molar-refractivity contribution in [1.29, 1.82) is 0 Å². The van der Waals surface area contributed by atoms with Crippen molar-refractivity contribution in [2.24, 2.45) is 11.8 Å². The van der Waals surface area contributed by atoms with Crippen molar-refractivity contribution < 1.29 is 14.3 Å². The Hall–Kier alpha value is -2.22. The van der Waals surface area contributed by atoms with Gasteiger partial charge in [0.25, 0.3) is 5.91 Å². The van der Waals surface area contributed by atoms with Crippen molar-refractivity contribution >= 4 is 11.8 Å². The van der Waals surface area contributed by atoms with Crippen LogP contribution < -0.4 is 4.74 Å². The third kappa shape index (κ3) is 4.12. The molecule has 2 fully saturated rings. The fraction of sp³-hybridized carbons (Fsp3) is 0.667. The number of hydrogen-bond donors (Lipinski definition) is 0. The molecule has 8 nitrogen and oxygen atoms in total. The lowest BCUT2D eigenvalue weighted by Gasteiger charge is -2.22. The lowest BCUT2D eigenvalue weighted by molar-refractivity contribution is -0.129. The molecule has 26 heavy (non-hydrogen) atoms. The van der Waals surface area contributed by atoms with E-state index >= 15 is 0 Å². The van der Waals surface area contributed by atoms with Gasteiger partial charge in [0.15, 0.2) is 5.75 Å². The van der Waals surface area contributed by atoms with E-state index in [0.717, 1.165) is 39.0 Å². The number of carbonyl (C=O) groups is 2. The molecule has 3 heterocycles. The zero-order valence-electron chi connectivity index (χ0n) is 15.7. The van der Waals surface area contributed by atoms with Gasteiger partial charge < -0.3 is 14.5 Å². The number of carbonyl (C=O) groups excluding carboxylic acids is 2. The minimum Gasteiger partial charge on any atom is -0.494 e. The fourth-order valence-electron chi connectivity index (χ4n) is 3.73. The summed E-state index contributed by atoms with van der Waals surface area (Å²) in [6.07, 6.45) is 5.07. The summed E-state index contributed by atoms with van der Waals surface area (Å²) in [5.41, 5.74) is 0. The maximum atomic E-state index is 12.7. The number of aromatic nitrogens is 2. The fourth-order valence-corrected chi connectivity index (χ4v) is 3.73. The zero-order valence-corrected chi connectivity index (χ0v) is 15.7. The van der Waals surface area contributed by atoms with Crippen molar-refractivity contribution in [3.8, 4) is 5.75 Å². The highest BCUT2D eigenvalue weighted by atomic mass is 16.5. The van der Waals surface area contributed by atoms with Crippen LogP contribution in [0.5, 0.6) is 5.75 Å². The van der Waals surface area contributed by atoms with Gasteiger partial charge in [-0.15, -0.1) is 0 Å². The highest BCUT2D eigenvalue weighted by Crippen LogP contribution is 2.32. The smallest absolute Gasteiger partial charge is 0.291 e. The maximum absolute atomic E-state index is 12.7. The minimum atomic E-state index is -0.111.